The highest BCUT2D eigenvalue weighted by Gasteiger charge is 2.26. The molecule has 40 heavy (non-hydrogen) atoms. The molecule has 6 rings (SSSR count). The molecular formula is C34H26BrN3OS. The average Bonchev–Trinajstić information content (AvgIpc) is 3.52. The zero-order valence-corrected chi connectivity index (χ0v) is 24.5. The number of amidine groups is 1. The molecule has 4 aromatic carbocycles. The summed E-state index contributed by atoms with van der Waals surface area (Å²) in [6.07, 6.45) is 1.98. The largest absolute Gasteiger partial charge is 0.309 e. The lowest BCUT2D eigenvalue weighted by Gasteiger charge is -2.15. The monoisotopic (exact) mass is 603 g/mol. The molecule has 1 saturated heterocycles. The number of aliphatic imine (C=N–C) groups is 1. The molecule has 1 fully saturated rings. The second-order valence-electron chi connectivity index (χ2n) is 9.61. The van der Waals surface area contributed by atoms with Crippen molar-refractivity contribution in [3.8, 4) is 28.2 Å². The quantitative estimate of drug-likeness (QED) is 0.204. The van der Waals surface area contributed by atoms with Gasteiger partial charge in [-0.2, -0.15) is 0 Å². The summed E-state index contributed by atoms with van der Waals surface area (Å²) in [5.41, 5.74) is 9.28. The number of para-hydroxylation sites is 1. The number of hydrogen-bond donors (Lipinski definition) is 1. The van der Waals surface area contributed by atoms with E-state index in [4.69, 9.17) is 4.99 Å². The Hall–Kier alpha value is -4.13. The Morgan fingerprint density at radius 2 is 1.38 bits per heavy atom. The molecule has 1 amide bonds. The highest BCUT2D eigenvalue weighted by molar-refractivity contribution is 9.10. The molecule has 196 valence electrons. The summed E-state index contributed by atoms with van der Waals surface area (Å²) in [6.45, 7) is 4.08. The molecular weight excluding hydrogens is 578 g/mol. The van der Waals surface area contributed by atoms with Gasteiger partial charge in [-0.3, -0.25) is 4.79 Å². The number of halogens is 1. The fraction of sp³-hybridized carbons (Fsp3) is 0.0588. The molecule has 0 bridgehead atoms. The molecule has 0 radical (unpaired) electrons. The summed E-state index contributed by atoms with van der Waals surface area (Å²) in [7, 11) is 0. The first-order chi connectivity index (χ1) is 19.5. The van der Waals surface area contributed by atoms with Crippen LogP contribution < -0.4 is 5.32 Å². The minimum absolute atomic E-state index is 0.151. The predicted octanol–water partition coefficient (Wildman–Crippen LogP) is 9.08. The highest BCUT2D eigenvalue weighted by atomic mass is 79.9. The van der Waals surface area contributed by atoms with Crippen molar-refractivity contribution >= 4 is 50.5 Å². The number of hydrogen-bond acceptors (Lipinski definition) is 3. The molecule has 0 spiro atoms. The number of benzene rings is 4. The Labute approximate surface area is 246 Å². The fourth-order valence-electron chi connectivity index (χ4n) is 4.92. The van der Waals surface area contributed by atoms with Crippen molar-refractivity contribution in [2.75, 3.05) is 0 Å². The van der Waals surface area contributed by atoms with E-state index in [9.17, 15) is 4.79 Å². The predicted molar refractivity (Wildman–Crippen MR) is 171 cm³/mol. The zero-order chi connectivity index (χ0) is 27.6. The van der Waals surface area contributed by atoms with Gasteiger partial charge in [0.2, 0.25) is 0 Å². The van der Waals surface area contributed by atoms with Crippen LogP contribution in [0.25, 0.3) is 34.3 Å². The Morgan fingerprint density at radius 3 is 2.00 bits per heavy atom. The summed E-state index contributed by atoms with van der Waals surface area (Å²) >= 11 is 4.98. The number of aromatic nitrogens is 1. The van der Waals surface area contributed by atoms with E-state index >= 15 is 0 Å². The van der Waals surface area contributed by atoms with E-state index in [0.29, 0.717) is 10.1 Å². The molecule has 5 aromatic rings. The van der Waals surface area contributed by atoms with Gasteiger partial charge in [0, 0.05) is 15.7 Å². The number of rotatable bonds is 5. The SMILES string of the molecule is Cc1cc(N=C2NC(=O)/C(=C\c3cc(-c4ccccc4)n(-c4ccccc4)c3-c3ccccc3)S2)cc(C)c1Br. The lowest BCUT2D eigenvalue weighted by Crippen LogP contribution is -2.19. The van der Waals surface area contributed by atoms with Gasteiger partial charge in [-0.15, -0.1) is 0 Å². The normalized spacial score (nSPS) is 15.1. The van der Waals surface area contributed by atoms with Crippen LogP contribution >= 0.6 is 27.7 Å². The topological polar surface area (TPSA) is 46.4 Å². The number of aryl methyl sites for hydroxylation is 2. The Morgan fingerprint density at radius 1 is 0.800 bits per heavy atom. The molecule has 0 aliphatic carbocycles. The van der Waals surface area contributed by atoms with Crippen molar-refractivity contribution in [1.82, 2.24) is 9.88 Å². The molecule has 1 aromatic heterocycles. The van der Waals surface area contributed by atoms with Crippen molar-refractivity contribution in [3.63, 3.8) is 0 Å². The van der Waals surface area contributed by atoms with E-state index in [2.05, 4.69) is 68.3 Å². The summed E-state index contributed by atoms with van der Waals surface area (Å²) in [5.74, 6) is -0.151. The van der Waals surface area contributed by atoms with E-state index in [1.165, 1.54) is 11.8 Å². The molecule has 1 aliphatic heterocycles. The van der Waals surface area contributed by atoms with E-state index < -0.39 is 0 Å². The Bertz CT molecular complexity index is 1750. The van der Waals surface area contributed by atoms with Gasteiger partial charge in [-0.25, -0.2) is 4.99 Å². The number of thioether (sulfide) groups is 1. The van der Waals surface area contributed by atoms with Crippen LogP contribution in [0.3, 0.4) is 0 Å². The first-order valence-corrected chi connectivity index (χ1v) is 14.6. The molecule has 4 nitrogen and oxygen atoms in total. The molecule has 1 N–H and O–H groups in total. The van der Waals surface area contributed by atoms with Crippen LogP contribution in [0.15, 0.2) is 124 Å². The fourth-order valence-corrected chi connectivity index (χ4v) is 5.99. The number of nitrogens with one attached hydrogen (secondary N) is 1. The second-order valence-corrected chi connectivity index (χ2v) is 11.4. The van der Waals surface area contributed by atoms with Crippen molar-refractivity contribution in [1.29, 1.82) is 0 Å². The smallest absolute Gasteiger partial charge is 0.264 e. The molecule has 1 aliphatic rings. The summed E-state index contributed by atoms with van der Waals surface area (Å²) in [6, 6.07) is 37.2. The highest BCUT2D eigenvalue weighted by Crippen LogP contribution is 2.39. The van der Waals surface area contributed by atoms with Gasteiger partial charge in [0.25, 0.3) is 5.91 Å². The number of nitrogens with zero attached hydrogens (tertiary/aromatic N) is 2. The van der Waals surface area contributed by atoms with Crippen LogP contribution in [0.4, 0.5) is 5.69 Å². The summed E-state index contributed by atoms with van der Waals surface area (Å²) in [5, 5.41) is 3.53. The maximum absolute atomic E-state index is 13.2. The first kappa shape index (κ1) is 26.1. The first-order valence-electron chi connectivity index (χ1n) is 13.0. The van der Waals surface area contributed by atoms with Crippen LogP contribution in [-0.2, 0) is 4.79 Å². The van der Waals surface area contributed by atoms with Gasteiger partial charge in [-0.1, -0.05) is 94.8 Å². The second kappa shape index (κ2) is 11.2. The van der Waals surface area contributed by atoms with E-state index in [1.54, 1.807) is 0 Å². The molecule has 0 saturated carbocycles. The third-order valence-electron chi connectivity index (χ3n) is 6.75. The van der Waals surface area contributed by atoms with Crippen molar-refractivity contribution in [2.45, 2.75) is 13.8 Å². The van der Waals surface area contributed by atoms with Gasteiger partial charge in [0.05, 0.1) is 22.0 Å². The maximum Gasteiger partial charge on any atom is 0.264 e. The van der Waals surface area contributed by atoms with Crippen molar-refractivity contribution < 1.29 is 4.79 Å². The van der Waals surface area contributed by atoms with Crippen LogP contribution in [0.2, 0.25) is 0 Å². The number of carbonyl (C=O) groups excluding carboxylic acids is 1. The average molecular weight is 605 g/mol. The third-order valence-corrected chi connectivity index (χ3v) is 8.91. The van der Waals surface area contributed by atoms with Crippen LogP contribution in [-0.4, -0.2) is 15.6 Å². The van der Waals surface area contributed by atoms with Gasteiger partial charge in [-0.05, 0) is 84.3 Å². The maximum atomic E-state index is 13.2. The van der Waals surface area contributed by atoms with Gasteiger partial charge in [0.15, 0.2) is 5.17 Å². The number of carbonyl (C=O) groups is 1. The van der Waals surface area contributed by atoms with Crippen LogP contribution in [0.1, 0.15) is 16.7 Å². The van der Waals surface area contributed by atoms with Crippen LogP contribution in [0.5, 0.6) is 0 Å². The van der Waals surface area contributed by atoms with E-state index in [1.807, 2.05) is 86.7 Å². The molecule has 6 heteroatoms. The minimum atomic E-state index is -0.151. The zero-order valence-electron chi connectivity index (χ0n) is 22.1. The number of amides is 1. The Kier molecular flexibility index (Phi) is 7.29. The van der Waals surface area contributed by atoms with Gasteiger partial charge >= 0.3 is 0 Å². The lowest BCUT2D eigenvalue weighted by molar-refractivity contribution is -0.115. The lowest BCUT2D eigenvalue weighted by atomic mass is 10.1. The summed E-state index contributed by atoms with van der Waals surface area (Å²) in [4.78, 5) is 18.5. The van der Waals surface area contributed by atoms with Gasteiger partial charge < -0.3 is 9.88 Å². The molecule has 0 unspecified atom stereocenters. The third kappa shape index (κ3) is 5.20. The van der Waals surface area contributed by atoms with Crippen LogP contribution in [0, 0.1) is 13.8 Å². The van der Waals surface area contributed by atoms with Crippen molar-refractivity contribution in [2.24, 2.45) is 4.99 Å². The molecule has 0 atom stereocenters. The van der Waals surface area contributed by atoms with E-state index in [-0.39, 0.29) is 5.91 Å². The minimum Gasteiger partial charge on any atom is -0.309 e. The van der Waals surface area contributed by atoms with Crippen molar-refractivity contribution in [3.05, 3.63) is 135 Å². The molecule has 2 heterocycles. The standard InChI is InChI=1S/C34H26BrN3OS/c1-22-18-27(19-23(2)31(22)35)36-34-37-33(39)30(40-34)21-26-20-29(24-12-6-3-7-13-24)38(28-16-10-5-11-17-28)32(26)25-14-8-4-9-15-25/h3-21H,1-2H3,(H,36,37,39)/b30-21+. The van der Waals surface area contributed by atoms with E-state index in [0.717, 1.165) is 55.1 Å². The Balaban J connectivity index is 1.50. The van der Waals surface area contributed by atoms with Gasteiger partial charge in [0.1, 0.15) is 0 Å². The summed E-state index contributed by atoms with van der Waals surface area (Å²) < 4.78 is 3.35.